The molecule has 0 aliphatic rings. The number of aromatic nitrogens is 2. The number of hydrogen-bond acceptors (Lipinski definition) is 5. The Kier molecular flexibility index (Phi) is 5.19. The van der Waals surface area contributed by atoms with Crippen LogP contribution in [0.25, 0.3) is 0 Å². The van der Waals surface area contributed by atoms with Crippen molar-refractivity contribution < 1.29 is 4.79 Å². The molecule has 1 aromatic heterocycles. The summed E-state index contributed by atoms with van der Waals surface area (Å²) in [5.74, 6) is -0.148. The van der Waals surface area contributed by atoms with Crippen LogP contribution in [0.15, 0.2) is 28.0 Å². The highest BCUT2D eigenvalue weighted by atomic mass is 32.2. The average molecular weight is 328 g/mol. The Morgan fingerprint density at radius 1 is 1.39 bits per heavy atom. The van der Waals surface area contributed by atoms with Crippen molar-refractivity contribution in [2.24, 2.45) is 0 Å². The van der Waals surface area contributed by atoms with E-state index in [-0.39, 0.29) is 22.2 Å². The first-order chi connectivity index (χ1) is 10.9. The smallest absolute Gasteiger partial charge is 0.325 e. The van der Waals surface area contributed by atoms with Crippen molar-refractivity contribution in [3.8, 4) is 6.07 Å². The zero-order valence-corrected chi connectivity index (χ0v) is 13.9. The van der Waals surface area contributed by atoms with Gasteiger partial charge in [-0.2, -0.15) is 10.2 Å². The number of nitrogens with one attached hydrogen (secondary N) is 2. The highest BCUT2D eigenvalue weighted by molar-refractivity contribution is 8.00. The van der Waals surface area contributed by atoms with Gasteiger partial charge in [0.05, 0.1) is 5.75 Å². The minimum absolute atomic E-state index is 0.0674. The lowest BCUT2D eigenvalue weighted by Crippen LogP contribution is -2.17. The predicted molar refractivity (Wildman–Crippen MR) is 89.6 cm³/mol. The molecule has 7 heteroatoms. The molecule has 2 N–H and O–H groups in total. The molecule has 2 aromatic rings. The van der Waals surface area contributed by atoms with E-state index in [0.29, 0.717) is 5.69 Å². The number of rotatable bonds is 4. The average Bonchev–Trinajstić information content (AvgIpc) is 2.48. The van der Waals surface area contributed by atoms with Crippen molar-refractivity contribution >= 4 is 23.4 Å². The van der Waals surface area contributed by atoms with Crippen molar-refractivity contribution in [1.82, 2.24) is 9.97 Å². The number of H-pyrrole nitrogens is 1. The van der Waals surface area contributed by atoms with E-state index >= 15 is 0 Å². The number of anilines is 1. The molecule has 6 nitrogen and oxygen atoms in total. The number of hydrogen-bond donors (Lipinski definition) is 2. The van der Waals surface area contributed by atoms with Gasteiger partial charge in [0.2, 0.25) is 5.91 Å². The van der Waals surface area contributed by atoms with Gasteiger partial charge in [0.15, 0.2) is 0 Å². The number of thioether (sulfide) groups is 1. The lowest BCUT2D eigenvalue weighted by Gasteiger charge is -2.09. The maximum Gasteiger partial charge on any atom is 0.346 e. The first kappa shape index (κ1) is 16.8. The van der Waals surface area contributed by atoms with Gasteiger partial charge in [0, 0.05) is 11.4 Å². The number of nitriles is 1. The van der Waals surface area contributed by atoms with Gasteiger partial charge >= 0.3 is 5.69 Å². The van der Waals surface area contributed by atoms with Crippen LogP contribution in [0, 0.1) is 32.1 Å². The lowest BCUT2D eigenvalue weighted by molar-refractivity contribution is -0.113. The topological polar surface area (TPSA) is 98.6 Å². The van der Waals surface area contributed by atoms with E-state index in [1.165, 1.54) is 0 Å². The van der Waals surface area contributed by atoms with Crippen LogP contribution < -0.4 is 11.0 Å². The molecule has 118 valence electrons. The van der Waals surface area contributed by atoms with E-state index < -0.39 is 5.69 Å². The molecule has 1 aromatic carbocycles. The van der Waals surface area contributed by atoms with Gasteiger partial charge in [-0.3, -0.25) is 4.79 Å². The first-order valence-electron chi connectivity index (χ1n) is 6.91. The number of amides is 1. The molecule has 0 bridgehead atoms. The van der Waals surface area contributed by atoms with Gasteiger partial charge in [-0.05, 0) is 38.0 Å². The highest BCUT2D eigenvalue weighted by Crippen LogP contribution is 2.21. The summed E-state index contributed by atoms with van der Waals surface area (Å²) in [5.41, 5.74) is 2.98. The van der Waals surface area contributed by atoms with Crippen molar-refractivity contribution in [2.75, 3.05) is 11.1 Å². The second-order valence-electron chi connectivity index (χ2n) is 5.11. The second kappa shape index (κ2) is 7.11. The summed E-state index contributed by atoms with van der Waals surface area (Å²) >= 11 is 1.07. The van der Waals surface area contributed by atoms with E-state index in [9.17, 15) is 9.59 Å². The fraction of sp³-hybridized carbons (Fsp3) is 0.250. The van der Waals surface area contributed by atoms with E-state index in [1.807, 2.05) is 38.1 Å². The fourth-order valence-corrected chi connectivity index (χ4v) is 2.82. The standard InChI is InChI=1S/C16H16N4O2S/c1-9-4-5-10(2)13(6-9)19-14(21)8-23-15-12(7-17)11(3)18-16(22)20-15/h4-6H,8H2,1-3H3,(H,19,21)(H,18,20,22). The lowest BCUT2D eigenvalue weighted by atomic mass is 10.1. The molecule has 0 aliphatic carbocycles. The second-order valence-corrected chi connectivity index (χ2v) is 6.08. The minimum Gasteiger partial charge on any atom is -0.325 e. The fourth-order valence-electron chi connectivity index (χ4n) is 1.99. The molecule has 0 spiro atoms. The van der Waals surface area contributed by atoms with Crippen LogP contribution in [0.4, 0.5) is 5.69 Å². The number of nitrogens with zero attached hydrogens (tertiary/aromatic N) is 2. The van der Waals surface area contributed by atoms with Crippen LogP contribution in [0.3, 0.4) is 0 Å². The van der Waals surface area contributed by atoms with Crippen LogP contribution in [0.2, 0.25) is 0 Å². The summed E-state index contributed by atoms with van der Waals surface area (Å²) < 4.78 is 0. The molecule has 1 amide bonds. The molecule has 23 heavy (non-hydrogen) atoms. The zero-order valence-electron chi connectivity index (χ0n) is 13.1. The molecule has 0 fully saturated rings. The summed E-state index contributed by atoms with van der Waals surface area (Å²) in [6.45, 7) is 5.49. The van der Waals surface area contributed by atoms with Gasteiger partial charge in [-0.15, -0.1) is 0 Å². The number of carbonyl (C=O) groups excluding carboxylic acids is 1. The van der Waals surface area contributed by atoms with Crippen LogP contribution >= 0.6 is 11.8 Å². The molecule has 0 saturated heterocycles. The number of carbonyl (C=O) groups is 1. The Bertz CT molecular complexity index is 852. The Hall–Kier alpha value is -2.59. The molecular weight excluding hydrogens is 312 g/mol. The third kappa shape index (κ3) is 4.20. The maximum atomic E-state index is 12.1. The minimum atomic E-state index is -0.529. The van der Waals surface area contributed by atoms with E-state index in [0.717, 1.165) is 28.6 Å². The molecule has 0 atom stereocenters. The molecule has 2 rings (SSSR count). The van der Waals surface area contributed by atoms with Crippen LogP contribution in [0.5, 0.6) is 0 Å². The SMILES string of the molecule is Cc1ccc(C)c(NC(=O)CSc2nc(=O)[nH]c(C)c2C#N)c1. The number of aromatic amines is 1. The summed E-state index contributed by atoms with van der Waals surface area (Å²) in [6, 6.07) is 7.81. The Morgan fingerprint density at radius 3 is 2.83 bits per heavy atom. The van der Waals surface area contributed by atoms with Crippen molar-refractivity contribution in [3.05, 3.63) is 51.1 Å². The molecule has 1 heterocycles. The maximum absolute atomic E-state index is 12.1. The summed E-state index contributed by atoms with van der Waals surface area (Å²) in [7, 11) is 0. The third-order valence-corrected chi connectivity index (χ3v) is 4.18. The largest absolute Gasteiger partial charge is 0.346 e. The van der Waals surface area contributed by atoms with Gasteiger partial charge in [0.25, 0.3) is 0 Å². The van der Waals surface area contributed by atoms with Crippen molar-refractivity contribution in [2.45, 2.75) is 25.8 Å². The molecular formula is C16H16N4O2S. The van der Waals surface area contributed by atoms with Crippen molar-refractivity contribution in [3.63, 3.8) is 0 Å². The summed E-state index contributed by atoms with van der Waals surface area (Å²) in [4.78, 5) is 29.7. The van der Waals surface area contributed by atoms with Crippen molar-refractivity contribution in [1.29, 1.82) is 5.26 Å². The van der Waals surface area contributed by atoms with E-state index in [4.69, 9.17) is 5.26 Å². The van der Waals surface area contributed by atoms with E-state index in [2.05, 4.69) is 15.3 Å². The Balaban J connectivity index is 2.10. The van der Waals surface area contributed by atoms with E-state index in [1.54, 1.807) is 6.92 Å². The van der Waals surface area contributed by atoms with Crippen LogP contribution in [-0.2, 0) is 4.79 Å². The van der Waals surface area contributed by atoms with Gasteiger partial charge in [0.1, 0.15) is 16.7 Å². The first-order valence-corrected chi connectivity index (χ1v) is 7.90. The highest BCUT2D eigenvalue weighted by Gasteiger charge is 2.12. The zero-order chi connectivity index (χ0) is 17.0. The summed E-state index contributed by atoms with van der Waals surface area (Å²) in [5, 5.41) is 12.2. The normalized spacial score (nSPS) is 10.2. The monoisotopic (exact) mass is 328 g/mol. The van der Waals surface area contributed by atoms with Gasteiger partial charge < -0.3 is 10.3 Å². The molecule has 0 unspecified atom stereocenters. The Morgan fingerprint density at radius 2 is 2.13 bits per heavy atom. The quantitative estimate of drug-likeness (QED) is 0.663. The summed E-state index contributed by atoms with van der Waals surface area (Å²) in [6.07, 6.45) is 0. The number of aryl methyl sites for hydroxylation is 3. The van der Waals surface area contributed by atoms with Crippen LogP contribution in [0.1, 0.15) is 22.4 Å². The third-order valence-electron chi connectivity index (χ3n) is 3.21. The van der Waals surface area contributed by atoms with Crippen LogP contribution in [-0.4, -0.2) is 21.6 Å². The molecule has 0 aliphatic heterocycles. The predicted octanol–water partition coefficient (Wildman–Crippen LogP) is 2.30. The Labute approximate surface area is 138 Å². The number of benzene rings is 1. The van der Waals surface area contributed by atoms with Gasteiger partial charge in [-0.25, -0.2) is 4.79 Å². The molecule has 0 radical (unpaired) electrons. The molecule has 0 saturated carbocycles. The van der Waals surface area contributed by atoms with Gasteiger partial charge in [-0.1, -0.05) is 23.9 Å².